The number of rotatable bonds is 2. The third-order valence-corrected chi connectivity index (χ3v) is 4.44. The normalized spacial score (nSPS) is 19.3. The maximum Gasteiger partial charge on any atom is 0.113 e. The Balaban J connectivity index is 4.01. The largest absolute Gasteiger partial charge is 0.382 e. The summed E-state index contributed by atoms with van der Waals surface area (Å²) in [5.41, 5.74) is -0.416. The Labute approximate surface area is 82.3 Å². The number of aliphatic hydroxyl groups excluding tert-OH is 2. The van der Waals surface area contributed by atoms with Crippen LogP contribution in [-0.4, -0.2) is 18.4 Å². The Hall–Kier alpha value is 1.38. The van der Waals surface area contributed by atoms with E-state index in [9.17, 15) is 0 Å². The van der Waals surface area contributed by atoms with Crippen LogP contribution in [0.3, 0.4) is 0 Å². The summed E-state index contributed by atoms with van der Waals surface area (Å²) in [6.45, 7) is 3.64. The molecule has 0 fully saturated rings. The highest BCUT2D eigenvalue weighted by Gasteiger charge is 2.31. The van der Waals surface area contributed by atoms with Gasteiger partial charge in [0.1, 0.15) is 8.22 Å². The molecule has 0 aromatic rings. The molecular formula is C5H10I2O2. The van der Waals surface area contributed by atoms with Crippen molar-refractivity contribution in [3.63, 3.8) is 0 Å². The van der Waals surface area contributed by atoms with Gasteiger partial charge in [0.2, 0.25) is 0 Å². The van der Waals surface area contributed by atoms with E-state index in [0.717, 1.165) is 0 Å². The maximum absolute atomic E-state index is 9.07. The summed E-state index contributed by atoms with van der Waals surface area (Å²) in [7, 11) is 0. The van der Waals surface area contributed by atoms with Gasteiger partial charge in [0.25, 0.3) is 0 Å². The number of hydrogen-bond acceptors (Lipinski definition) is 2. The van der Waals surface area contributed by atoms with Crippen LogP contribution < -0.4 is 0 Å². The van der Waals surface area contributed by atoms with E-state index < -0.39 is 13.6 Å². The maximum atomic E-state index is 9.07. The Morgan fingerprint density at radius 2 is 1.33 bits per heavy atom. The average molecular weight is 356 g/mol. The molecule has 0 aromatic carbocycles. The second-order valence-electron chi connectivity index (χ2n) is 2.49. The van der Waals surface area contributed by atoms with Crippen molar-refractivity contribution >= 4 is 45.2 Å². The van der Waals surface area contributed by atoms with Gasteiger partial charge >= 0.3 is 0 Å². The van der Waals surface area contributed by atoms with Crippen LogP contribution in [0.1, 0.15) is 13.8 Å². The summed E-state index contributed by atoms with van der Waals surface area (Å²) >= 11 is 3.78. The van der Waals surface area contributed by atoms with Gasteiger partial charge in [-0.2, -0.15) is 0 Å². The molecular weight excluding hydrogens is 346 g/mol. The van der Waals surface area contributed by atoms with E-state index in [0.29, 0.717) is 0 Å². The Kier molecular flexibility index (Phi) is 4.24. The van der Waals surface area contributed by atoms with Gasteiger partial charge in [-0.15, -0.1) is 0 Å². The zero-order valence-corrected chi connectivity index (χ0v) is 9.62. The van der Waals surface area contributed by atoms with Gasteiger partial charge in [0, 0.05) is 5.41 Å². The van der Waals surface area contributed by atoms with Crippen molar-refractivity contribution in [1.29, 1.82) is 0 Å². The molecule has 0 rings (SSSR count). The molecule has 0 saturated carbocycles. The van der Waals surface area contributed by atoms with E-state index >= 15 is 0 Å². The molecule has 2 atom stereocenters. The quantitative estimate of drug-likeness (QED) is 0.582. The first-order valence-electron chi connectivity index (χ1n) is 2.53. The topological polar surface area (TPSA) is 40.5 Å². The molecule has 56 valence electrons. The standard InChI is InChI=1S/C5H10I2O2/c1-5(2,3(6)8)4(7)9/h3-4,8-9H,1-2H3. The minimum Gasteiger partial charge on any atom is -0.382 e. The molecule has 0 amide bonds. The van der Waals surface area contributed by atoms with Crippen LogP contribution >= 0.6 is 45.2 Å². The monoisotopic (exact) mass is 356 g/mol. The summed E-state index contributed by atoms with van der Waals surface area (Å²) in [4.78, 5) is 0. The molecule has 0 aliphatic carbocycles. The molecule has 0 spiro atoms. The Bertz CT molecular complexity index is 81.0. The lowest BCUT2D eigenvalue weighted by molar-refractivity contribution is 0.0618. The molecule has 0 aliphatic rings. The van der Waals surface area contributed by atoms with E-state index in [1.165, 1.54) is 0 Å². The van der Waals surface area contributed by atoms with Gasteiger partial charge in [-0.05, 0) is 0 Å². The lowest BCUT2D eigenvalue weighted by Gasteiger charge is -2.28. The van der Waals surface area contributed by atoms with E-state index in [-0.39, 0.29) is 0 Å². The van der Waals surface area contributed by atoms with E-state index in [4.69, 9.17) is 10.2 Å². The zero-order chi connectivity index (χ0) is 7.65. The number of aliphatic hydroxyl groups is 2. The van der Waals surface area contributed by atoms with Crippen molar-refractivity contribution in [2.45, 2.75) is 22.1 Å². The smallest absolute Gasteiger partial charge is 0.113 e. The molecule has 0 bridgehead atoms. The fourth-order valence-electron chi connectivity index (χ4n) is 0.113. The van der Waals surface area contributed by atoms with Crippen molar-refractivity contribution in [3.8, 4) is 0 Å². The summed E-state index contributed by atoms with van der Waals surface area (Å²) in [5, 5.41) is 18.1. The van der Waals surface area contributed by atoms with Gasteiger partial charge < -0.3 is 10.2 Å². The summed E-state index contributed by atoms with van der Waals surface area (Å²) in [6, 6.07) is 0. The molecule has 2 nitrogen and oxygen atoms in total. The van der Waals surface area contributed by atoms with Crippen LogP contribution in [0.2, 0.25) is 0 Å². The molecule has 0 aromatic heterocycles. The second-order valence-corrected chi connectivity index (χ2v) is 4.85. The fourth-order valence-corrected chi connectivity index (χ4v) is 1.48. The predicted molar refractivity (Wildman–Crippen MR) is 53.8 cm³/mol. The first kappa shape index (κ1) is 10.4. The van der Waals surface area contributed by atoms with Crippen LogP contribution in [-0.2, 0) is 0 Å². The molecule has 0 saturated heterocycles. The number of halogens is 2. The molecule has 0 heterocycles. The van der Waals surface area contributed by atoms with E-state index in [2.05, 4.69) is 0 Å². The highest BCUT2D eigenvalue weighted by atomic mass is 127. The summed E-state index contributed by atoms with van der Waals surface area (Å²) in [6.07, 6.45) is 0. The molecule has 2 N–H and O–H groups in total. The zero-order valence-electron chi connectivity index (χ0n) is 5.31. The first-order valence-corrected chi connectivity index (χ1v) is 5.02. The SMILES string of the molecule is CC(C)(C(O)I)C(O)I. The van der Waals surface area contributed by atoms with Crippen LogP contribution in [0.15, 0.2) is 0 Å². The van der Waals surface area contributed by atoms with Crippen molar-refractivity contribution in [1.82, 2.24) is 0 Å². The second kappa shape index (κ2) is 3.68. The van der Waals surface area contributed by atoms with Gasteiger partial charge in [-0.1, -0.05) is 59.0 Å². The number of alkyl halides is 2. The third kappa shape index (κ3) is 2.85. The van der Waals surface area contributed by atoms with Crippen LogP contribution in [0.5, 0.6) is 0 Å². The van der Waals surface area contributed by atoms with Gasteiger partial charge in [-0.25, -0.2) is 0 Å². The first-order chi connectivity index (χ1) is 3.89. The van der Waals surface area contributed by atoms with E-state index in [1.807, 2.05) is 59.0 Å². The minimum atomic E-state index is -0.498. The summed E-state index contributed by atoms with van der Waals surface area (Å²) in [5.74, 6) is 0. The van der Waals surface area contributed by atoms with Crippen LogP contribution in [0, 0.1) is 5.41 Å². The average Bonchev–Trinajstić information content (AvgIpc) is 1.65. The molecule has 0 radical (unpaired) electrons. The summed E-state index contributed by atoms with van der Waals surface area (Å²) < 4.78 is -0.996. The Morgan fingerprint density at radius 1 is 1.11 bits per heavy atom. The highest BCUT2D eigenvalue weighted by Crippen LogP contribution is 2.32. The van der Waals surface area contributed by atoms with Crippen molar-refractivity contribution in [3.05, 3.63) is 0 Å². The Morgan fingerprint density at radius 3 is 1.33 bits per heavy atom. The molecule has 2 unspecified atom stereocenters. The lowest BCUT2D eigenvalue weighted by atomic mass is 9.97. The number of hydrogen-bond donors (Lipinski definition) is 2. The van der Waals surface area contributed by atoms with Gasteiger partial charge in [0.15, 0.2) is 0 Å². The molecule has 0 aliphatic heterocycles. The van der Waals surface area contributed by atoms with Gasteiger partial charge in [0.05, 0.1) is 0 Å². The van der Waals surface area contributed by atoms with Gasteiger partial charge in [-0.3, -0.25) is 0 Å². The van der Waals surface area contributed by atoms with Crippen molar-refractivity contribution in [2.75, 3.05) is 0 Å². The fraction of sp³-hybridized carbons (Fsp3) is 1.00. The minimum absolute atomic E-state index is 0.416. The highest BCUT2D eigenvalue weighted by molar-refractivity contribution is 14.1. The van der Waals surface area contributed by atoms with Crippen LogP contribution in [0.25, 0.3) is 0 Å². The van der Waals surface area contributed by atoms with Crippen molar-refractivity contribution < 1.29 is 10.2 Å². The third-order valence-electron chi connectivity index (χ3n) is 1.23. The molecule has 9 heavy (non-hydrogen) atoms. The van der Waals surface area contributed by atoms with Crippen LogP contribution in [0.4, 0.5) is 0 Å². The lowest BCUT2D eigenvalue weighted by Crippen LogP contribution is -2.32. The van der Waals surface area contributed by atoms with E-state index in [1.54, 1.807) is 0 Å². The molecule has 4 heteroatoms. The van der Waals surface area contributed by atoms with Crippen molar-refractivity contribution in [2.24, 2.45) is 5.41 Å². The predicted octanol–water partition coefficient (Wildman–Crippen LogP) is 1.52.